The minimum atomic E-state index is -0.229. The maximum absolute atomic E-state index is 12.1. The lowest BCUT2D eigenvalue weighted by Gasteiger charge is -2.58. The third-order valence-electron chi connectivity index (χ3n) is 10.7. The molecule has 0 bridgehead atoms. The molecule has 4 aliphatic rings. The van der Waals surface area contributed by atoms with Crippen molar-refractivity contribution in [2.24, 2.45) is 52.3 Å². The highest BCUT2D eigenvalue weighted by Gasteiger charge is 2.59. The molecule has 0 heterocycles. The summed E-state index contributed by atoms with van der Waals surface area (Å²) in [7, 11) is 0. The third kappa shape index (κ3) is 4.13. The quantitative estimate of drug-likeness (QED) is 0.381. The van der Waals surface area contributed by atoms with Crippen LogP contribution in [0.4, 0.5) is 0 Å². The summed E-state index contributed by atoms with van der Waals surface area (Å²) in [6, 6.07) is 0. The van der Waals surface area contributed by atoms with Crippen molar-refractivity contribution in [1.82, 2.24) is 0 Å². The molecule has 2 nitrogen and oxygen atoms in total. The zero-order chi connectivity index (χ0) is 22.4. The summed E-state index contributed by atoms with van der Waals surface area (Å²) in [6.07, 6.45) is 16.6. The first-order valence-corrected chi connectivity index (χ1v) is 13.5. The highest BCUT2D eigenvalue weighted by molar-refractivity contribution is 6.13. The van der Waals surface area contributed by atoms with Gasteiger partial charge in [-0.05, 0) is 97.7 Å². The Morgan fingerprint density at radius 3 is 2.58 bits per heavy atom. The van der Waals surface area contributed by atoms with E-state index in [0.717, 1.165) is 54.8 Å². The molecule has 0 radical (unpaired) electrons. The van der Waals surface area contributed by atoms with Gasteiger partial charge in [0.1, 0.15) is 11.9 Å². The van der Waals surface area contributed by atoms with Gasteiger partial charge in [0.2, 0.25) is 0 Å². The first kappa shape index (κ1) is 23.7. The summed E-state index contributed by atoms with van der Waals surface area (Å²) in [6.45, 7) is 12.5. The van der Waals surface area contributed by atoms with Crippen molar-refractivity contribution < 1.29 is 9.08 Å². The summed E-state index contributed by atoms with van der Waals surface area (Å²) < 4.78 is 4.56. The van der Waals surface area contributed by atoms with E-state index in [0.29, 0.717) is 5.41 Å². The van der Waals surface area contributed by atoms with Gasteiger partial charge in [-0.2, -0.15) is 0 Å². The van der Waals surface area contributed by atoms with Gasteiger partial charge in [-0.25, -0.2) is 0 Å². The van der Waals surface area contributed by atoms with Crippen LogP contribution in [0.1, 0.15) is 105 Å². The highest BCUT2D eigenvalue weighted by atomic mass is 35.5. The van der Waals surface area contributed by atoms with Crippen LogP contribution in [0.5, 0.6) is 0 Å². The Morgan fingerprint density at radius 1 is 1.10 bits per heavy atom. The smallest absolute Gasteiger partial charge is 0.328 e. The normalized spacial score (nSPS) is 42.9. The molecule has 0 spiro atoms. The largest absolute Gasteiger partial charge is 0.347 e. The molecule has 0 aromatic heterocycles. The maximum Gasteiger partial charge on any atom is 0.328 e. The zero-order valence-electron chi connectivity index (χ0n) is 20.6. The van der Waals surface area contributed by atoms with Crippen molar-refractivity contribution in [2.45, 2.75) is 105 Å². The van der Waals surface area contributed by atoms with Gasteiger partial charge in [0.05, 0.1) is 5.92 Å². The Morgan fingerprint density at radius 2 is 1.87 bits per heavy atom. The zero-order valence-corrected chi connectivity index (χ0v) is 21.3. The number of fused-ring (bicyclic) bond motifs is 5. The van der Waals surface area contributed by atoms with Crippen LogP contribution in [-0.4, -0.2) is 5.97 Å². The second kappa shape index (κ2) is 9.03. The molecule has 0 amide bonds. The molecule has 0 aliphatic heterocycles. The minimum absolute atomic E-state index is 0.0372. The number of allylic oxidation sites excluding steroid dienone is 2. The summed E-state index contributed by atoms with van der Waals surface area (Å²) in [4.78, 5) is 12.1. The van der Waals surface area contributed by atoms with Crippen LogP contribution in [0.25, 0.3) is 0 Å². The fourth-order valence-electron chi connectivity index (χ4n) is 8.95. The molecule has 176 valence electrons. The monoisotopic (exact) mass is 448 g/mol. The number of carbonyl (C=O) groups is 1. The van der Waals surface area contributed by atoms with Crippen molar-refractivity contribution in [1.29, 1.82) is 0 Å². The van der Waals surface area contributed by atoms with Crippen LogP contribution in [0.3, 0.4) is 0 Å². The maximum atomic E-state index is 12.1. The highest BCUT2D eigenvalue weighted by Crippen LogP contribution is 2.67. The molecular weight excluding hydrogens is 404 g/mol. The Kier molecular flexibility index (Phi) is 6.89. The van der Waals surface area contributed by atoms with Gasteiger partial charge in [-0.15, -0.1) is 0 Å². The molecule has 4 rings (SSSR count). The molecule has 8 atom stereocenters. The predicted octanol–water partition coefficient (Wildman–Crippen LogP) is 8.34. The Bertz CT molecular complexity index is 699. The summed E-state index contributed by atoms with van der Waals surface area (Å²) in [5.74, 6) is 4.89. The molecule has 3 saturated carbocycles. The van der Waals surface area contributed by atoms with Gasteiger partial charge >= 0.3 is 5.97 Å². The van der Waals surface area contributed by atoms with E-state index in [1.807, 2.05) is 0 Å². The Labute approximate surface area is 196 Å². The number of hydrogen-bond acceptors (Lipinski definition) is 2. The lowest BCUT2D eigenvalue weighted by molar-refractivity contribution is -0.140. The third-order valence-corrected chi connectivity index (χ3v) is 10.9. The average Bonchev–Trinajstić information content (AvgIpc) is 3.09. The van der Waals surface area contributed by atoms with E-state index in [2.05, 4.69) is 45.0 Å². The fourth-order valence-corrected chi connectivity index (χ4v) is 9.08. The molecule has 0 N–H and O–H groups in total. The fraction of sp³-hybridized carbons (Fsp3) is 0.893. The SMILES string of the molecule is CC(C)CCC[C@@H](C)[C@H]1CCC2C3CC=C4CC(C(=O)OCl)CC[C@]4(C)C3CC[C@@]21C. The minimum Gasteiger partial charge on any atom is -0.347 e. The predicted molar refractivity (Wildman–Crippen MR) is 128 cm³/mol. The average molecular weight is 449 g/mol. The van der Waals surface area contributed by atoms with Crippen molar-refractivity contribution >= 4 is 17.8 Å². The van der Waals surface area contributed by atoms with Crippen LogP contribution < -0.4 is 0 Å². The summed E-state index contributed by atoms with van der Waals surface area (Å²) in [5, 5.41) is 0. The van der Waals surface area contributed by atoms with E-state index in [1.165, 1.54) is 56.9 Å². The molecule has 4 aliphatic carbocycles. The molecule has 31 heavy (non-hydrogen) atoms. The van der Waals surface area contributed by atoms with Crippen LogP contribution in [0.15, 0.2) is 11.6 Å². The second-order valence-corrected chi connectivity index (χ2v) is 12.8. The first-order valence-electron chi connectivity index (χ1n) is 13.2. The number of carbonyl (C=O) groups excluding carboxylic acids is 1. The van der Waals surface area contributed by atoms with E-state index >= 15 is 0 Å². The number of hydrogen-bond donors (Lipinski definition) is 0. The van der Waals surface area contributed by atoms with Crippen molar-refractivity contribution in [3.05, 3.63) is 11.6 Å². The second-order valence-electron chi connectivity index (χ2n) is 12.6. The van der Waals surface area contributed by atoms with E-state index < -0.39 is 0 Å². The van der Waals surface area contributed by atoms with Crippen LogP contribution in [-0.2, 0) is 9.08 Å². The molecular formula is C28H45ClO2. The topological polar surface area (TPSA) is 26.3 Å². The number of rotatable bonds is 6. The summed E-state index contributed by atoms with van der Waals surface area (Å²) in [5.41, 5.74) is 2.36. The summed E-state index contributed by atoms with van der Waals surface area (Å²) >= 11 is 5.40. The van der Waals surface area contributed by atoms with Crippen molar-refractivity contribution in [2.75, 3.05) is 0 Å². The molecule has 0 saturated heterocycles. The van der Waals surface area contributed by atoms with Crippen LogP contribution in [0, 0.1) is 52.3 Å². The van der Waals surface area contributed by atoms with Gasteiger partial charge in [-0.3, -0.25) is 4.79 Å². The molecule has 3 fully saturated rings. The van der Waals surface area contributed by atoms with E-state index in [4.69, 9.17) is 11.9 Å². The molecule has 4 unspecified atom stereocenters. The molecule has 3 heteroatoms. The first-order chi connectivity index (χ1) is 14.7. The molecule has 0 aromatic carbocycles. The lowest BCUT2D eigenvalue weighted by atomic mass is 9.46. The molecule has 0 aromatic rings. The van der Waals surface area contributed by atoms with Gasteiger partial charge in [0, 0.05) is 0 Å². The van der Waals surface area contributed by atoms with Gasteiger partial charge in [0.25, 0.3) is 0 Å². The Hall–Kier alpha value is -0.500. The van der Waals surface area contributed by atoms with Gasteiger partial charge in [0.15, 0.2) is 0 Å². The van der Waals surface area contributed by atoms with E-state index in [-0.39, 0.29) is 17.3 Å². The van der Waals surface area contributed by atoms with Crippen molar-refractivity contribution in [3.8, 4) is 0 Å². The van der Waals surface area contributed by atoms with Crippen LogP contribution >= 0.6 is 11.9 Å². The van der Waals surface area contributed by atoms with Crippen molar-refractivity contribution in [3.63, 3.8) is 0 Å². The lowest BCUT2D eigenvalue weighted by Crippen LogP contribution is -2.50. The van der Waals surface area contributed by atoms with E-state index in [9.17, 15) is 4.79 Å². The number of halogens is 1. The van der Waals surface area contributed by atoms with Crippen LogP contribution in [0.2, 0.25) is 0 Å². The van der Waals surface area contributed by atoms with Gasteiger partial charge in [-0.1, -0.05) is 65.5 Å². The van der Waals surface area contributed by atoms with Gasteiger partial charge < -0.3 is 4.29 Å². The standard InChI is InChI=1S/C28H45ClO2/c1-18(2)7-6-8-19(3)23-11-12-24-22-10-9-21-17-20(26(30)31-29)13-15-27(21,4)25(22)14-16-28(23,24)5/h9,18-20,22-25H,6-8,10-17H2,1-5H3/t19-,20?,22?,23-,24?,25?,27+,28-/m1/s1. The van der Waals surface area contributed by atoms with E-state index in [1.54, 1.807) is 0 Å². The Balaban J connectivity index is 1.48.